The lowest BCUT2D eigenvalue weighted by molar-refractivity contribution is -0.144. The smallest absolute Gasteiger partial charge is 0.344 e. The van der Waals surface area contributed by atoms with Gasteiger partial charge in [-0.2, -0.15) is 0 Å². The summed E-state index contributed by atoms with van der Waals surface area (Å²) < 4.78 is 8.04. The van der Waals surface area contributed by atoms with Gasteiger partial charge in [0.15, 0.2) is 6.10 Å². The number of amides is 1. The monoisotopic (exact) mass is 629 g/mol. The molecule has 21 heavy (non-hydrogen) atoms. The molecular weight excluding hydrogens is 615 g/mol. The Kier molecular flexibility index (Phi) is 7.43. The van der Waals surface area contributed by atoms with Crippen molar-refractivity contribution >= 4 is 85.3 Å². The second kappa shape index (κ2) is 8.13. The Morgan fingerprint density at radius 3 is 2.33 bits per heavy atom. The quantitative estimate of drug-likeness (QED) is 0.505. The number of nitrogens with zero attached hydrogens (tertiary/aromatic N) is 1. The molecule has 1 atom stereocenters. The fourth-order valence-corrected chi connectivity index (χ4v) is 5.89. The first-order valence-electron chi connectivity index (χ1n) is 6.05. The van der Waals surface area contributed by atoms with Crippen LogP contribution in [0, 0.1) is 10.7 Å². The molecule has 116 valence electrons. The average Bonchev–Trinajstić information content (AvgIpc) is 2.38. The molecule has 0 fully saturated rings. The number of carboxylic acid groups (broad SMARTS) is 1. The van der Waals surface area contributed by atoms with Crippen LogP contribution in [0.3, 0.4) is 0 Å². The van der Waals surface area contributed by atoms with Crippen molar-refractivity contribution in [3.8, 4) is 5.75 Å². The molecule has 1 amide bonds. The Bertz CT molecular complexity index is 577. The van der Waals surface area contributed by atoms with E-state index < -0.39 is 12.1 Å². The number of benzene rings is 1. The van der Waals surface area contributed by atoms with E-state index in [9.17, 15) is 9.59 Å². The molecule has 0 spiro atoms. The summed E-state index contributed by atoms with van der Waals surface area (Å²) in [4.78, 5) is 24.4. The Balaban J connectivity index is 3.41. The number of carboxylic acids is 1. The molecule has 8 heteroatoms. The zero-order chi connectivity index (χ0) is 16.3. The third kappa shape index (κ3) is 4.56. The van der Waals surface area contributed by atoms with E-state index in [0.717, 1.165) is 16.4 Å². The van der Waals surface area contributed by atoms with Crippen LogP contribution in [0.4, 0.5) is 5.69 Å². The minimum atomic E-state index is -1.03. The summed E-state index contributed by atoms with van der Waals surface area (Å²) in [6.07, 6.45) is -0.952. The third-order valence-corrected chi connectivity index (χ3v) is 5.34. The minimum Gasteiger partial charge on any atom is -0.479 e. The summed E-state index contributed by atoms with van der Waals surface area (Å²) >= 11 is 6.38. The van der Waals surface area contributed by atoms with Crippen LogP contribution in [0.15, 0.2) is 6.07 Å². The van der Waals surface area contributed by atoms with E-state index in [-0.39, 0.29) is 5.91 Å². The molecule has 1 aromatic rings. The summed E-state index contributed by atoms with van der Waals surface area (Å²) in [7, 11) is 0. The van der Waals surface area contributed by atoms with Gasteiger partial charge in [0.2, 0.25) is 5.91 Å². The van der Waals surface area contributed by atoms with Gasteiger partial charge in [-0.05, 0) is 87.7 Å². The molecule has 0 aromatic heterocycles. The lowest BCUT2D eigenvalue weighted by Gasteiger charge is -2.25. The molecule has 1 unspecified atom stereocenters. The summed E-state index contributed by atoms with van der Waals surface area (Å²) in [5.41, 5.74) is 0.763. The Labute approximate surface area is 164 Å². The molecule has 0 aliphatic rings. The zero-order valence-corrected chi connectivity index (χ0v) is 18.1. The highest BCUT2D eigenvalue weighted by Crippen LogP contribution is 2.39. The molecule has 1 N–H and O–H groups in total. The molecule has 0 bridgehead atoms. The molecule has 1 rings (SSSR count). The van der Waals surface area contributed by atoms with Crippen molar-refractivity contribution < 1.29 is 19.4 Å². The number of ether oxygens (including phenoxy) is 1. The predicted molar refractivity (Wildman–Crippen MR) is 106 cm³/mol. The number of aliphatic carboxylic acids is 1. The van der Waals surface area contributed by atoms with Crippen LogP contribution in [0.5, 0.6) is 5.75 Å². The SMILES string of the molecule is CCN(C(C)=O)c1c(I)cc(I)c(OC(C)C(=O)O)c1I. The maximum absolute atomic E-state index is 11.8. The summed E-state index contributed by atoms with van der Waals surface area (Å²) in [6.45, 7) is 5.42. The van der Waals surface area contributed by atoms with Crippen LogP contribution in [-0.4, -0.2) is 29.6 Å². The number of hydrogen-bond donors (Lipinski definition) is 1. The van der Waals surface area contributed by atoms with Gasteiger partial charge in [-0.15, -0.1) is 0 Å². The zero-order valence-electron chi connectivity index (χ0n) is 11.6. The lowest BCUT2D eigenvalue weighted by Crippen LogP contribution is -2.30. The van der Waals surface area contributed by atoms with Gasteiger partial charge in [-0.3, -0.25) is 4.79 Å². The van der Waals surface area contributed by atoms with Crippen LogP contribution in [0.1, 0.15) is 20.8 Å². The second-order valence-corrected chi connectivity index (χ2v) is 7.60. The number of hydrogen-bond acceptors (Lipinski definition) is 3. The van der Waals surface area contributed by atoms with Gasteiger partial charge < -0.3 is 14.7 Å². The molecule has 0 aliphatic heterocycles. The first kappa shape index (κ1) is 19.2. The standard InChI is InChI=1S/C13H14I3NO4/c1-4-17(7(3)18)11-8(14)5-9(15)12(10(11)16)21-6(2)13(19)20/h5-6H,4H2,1-3H3,(H,19,20). The fraction of sp³-hybridized carbons (Fsp3) is 0.385. The number of anilines is 1. The van der Waals surface area contributed by atoms with E-state index in [1.807, 2.05) is 13.0 Å². The molecule has 0 heterocycles. The summed E-state index contributed by atoms with van der Waals surface area (Å²) in [5.74, 6) is -0.589. The van der Waals surface area contributed by atoms with E-state index in [1.165, 1.54) is 13.8 Å². The molecule has 0 saturated carbocycles. The normalized spacial score (nSPS) is 11.9. The van der Waals surface area contributed by atoms with Crippen molar-refractivity contribution in [3.63, 3.8) is 0 Å². The predicted octanol–water partition coefficient (Wildman–Crippen LogP) is 3.73. The molecular formula is C13H14I3NO4. The van der Waals surface area contributed by atoms with Gasteiger partial charge in [0.05, 0.1) is 12.8 Å². The van der Waals surface area contributed by atoms with Crippen molar-refractivity contribution in [2.24, 2.45) is 0 Å². The van der Waals surface area contributed by atoms with Gasteiger partial charge in [0.25, 0.3) is 0 Å². The van der Waals surface area contributed by atoms with E-state index in [2.05, 4.69) is 67.8 Å². The highest BCUT2D eigenvalue weighted by molar-refractivity contribution is 14.1. The van der Waals surface area contributed by atoms with Crippen LogP contribution < -0.4 is 9.64 Å². The molecule has 0 radical (unpaired) electrons. The first-order valence-corrected chi connectivity index (χ1v) is 9.29. The molecule has 5 nitrogen and oxygen atoms in total. The Morgan fingerprint density at radius 2 is 1.90 bits per heavy atom. The first-order chi connectivity index (χ1) is 9.70. The number of carbonyl (C=O) groups is 2. The summed E-state index contributed by atoms with van der Waals surface area (Å²) in [6, 6.07) is 1.88. The maximum atomic E-state index is 11.8. The topological polar surface area (TPSA) is 66.8 Å². The fourth-order valence-electron chi connectivity index (χ4n) is 1.68. The number of halogens is 3. The van der Waals surface area contributed by atoms with Gasteiger partial charge in [0, 0.05) is 17.0 Å². The minimum absolute atomic E-state index is 0.0632. The van der Waals surface area contributed by atoms with Gasteiger partial charge in [-0.1, -0.05) is 0 Å². The van der Waals surface area contributed by atoms with Crippen LogP contribution in [0.25, 0.3) is 0 Å². The number of rotatable bonds is 5. The number of carbonyl (C=O) groups excluding carboxylic acids is 1. The Morgan fingerprint density at radius 1 is 1.33 bits per heavy atom. The van der Waals surface area contributed by atoms with E-state index in [0.29, 0.717) is 12.3 Å². The second-order valence-electron chi connectivity index (χ2n) is 4.19. The van der Waals surface area contributed by atoms with Crippen molar-refractivity contribution in [2.75, 3.05) is 11.4 Å². The largest absolute Gasteiger partial charge is 0.479 e. The third-order valence-electron chi connectivity index (χ3n) is 2.71. The lowest BCUT2D eigenvalue weighted by atomic mass is 10.2. The molecule has 1 aromatic carbocycles. The van der Waals surface area contributed by atoms with E-state index in [4.69, 9.17) is 9.84 Å². The molecule has 0 aliphatic carbocycles. The van der Waals surface area contributed by atoms with Crippen LogP contribution in [-0.2, 0) is 9.59 Å². The molecule has 0 saturated heterocycles. The van der Waals surface area contributed by atoms with Crippen molar-refractivity contribution in [3.05, 3.63) is 16.8 Å². The van der Waals surface area contributed by atoms with Crippen molar-refractivity contribution in [2.45, 2.75) is 26.9 Å². The Hall–Kier alpha value is 0.150. The van der Waals surface area contributed by atoms with E-state index >= 15 is 0 Å². The van der Waals surface area contributed by atoms with E-state index in [1.54, 1.807) is 4.90 Å². The van der Waals surface area contributed by atoms with Gasteiger partial charge in [-0.25, -0.2) is 4.79 Å². The average molecular weight is 629 g/mol. The summed E-state index contributed by atoms with van der Waals surface area (Å²) in [5, 5.41) is 9.00. The van der Waals surface area contributed by atoms with Crippen LogP contribution in [0.2, 0.25) is 0 Å². The highest BCUT2D eigenvalue weighted by atomic mass is 127. The highest BCUT2D eigenvalue weighted by Gasteiger charge is 2.24. The van der Waals surface area contributed by atoms with Crippen LogP contribution >= 0.6 is 67.8 Å². The van der Waals surface area contributed by atoms with Crippen molar-refractivity contribution in [1.82, 2.24) is 0 Å². The van der Waals surface area contributed by atoms with Gasteiger partial charge >= 0.3 is 5.97 Å². The van der Waals surface area contributed by atoms with Gasteiger partial charge in [0.1, 0.15) is 5.75 Å². The maximum Gasteiger partial charge on any atom is 0.344 e. The van der Waals surface area contributed by atoms with Crippen molar-refractivity contribution in [1.29, 1.82) is 0 Å².